The minimum Gasteiger partial charge on any atom is -0.388 e. The van der Waals surface area contributed by atoms with E-state index in [9.17, 15) is 0 Å². The summed E-state index contributed by atoms with van der Waals surface area (Å²) >= 11 is 0. The highest BCUT2D eigenvalue weighted by atomic mass is 16.5. The maximum absolute atomic E-state index is 4.78. The van der Waals surface area contributed by atoms with Crippen LogP contribution in [0, 0.1) is 0 Å². The maximum atomic E-state index is 4.78. The standard InChI is InChI=1S/C5H12O.C2H6O/c1-3-4-5-6-2;1-3-2/h3-5H2,1-2H3;1-2H3. The van der Waals surface area contributed by atoms with Gasteiger partial charge in [0.25, 0.3) is 0 Å². The molecule has 9 heavy (non-hydrogen) atoms. The van der Waals surface area contributed by atoms with Gasteiger partial charge in [0.05, 0.1) is 0 Å². The molecule has 58 valence electrons. The van der Waals surface area contributed by atoms with E-state index < -0.39 is 0 Å². The monoisotopic (exact) mass is 134 g/mol. The van der Waals surface area contributed by atoms with Gasteiger partial charge in [-0.25, -0.2) is 0 Å². The lowest BCUT2D eigenvalue weighted by Gasteiger charge is -1.89. The van der Waals surface area contributed by atoms with Crippen LogP contribution in [-0.4, -0.2) is 27.9 Å². The number of hydrogen-bond donors (Lipinski definition) is 0. The summed E-state index contributed by atoms with van der Waals surface area (Å²) < 4.78 is 9.03. The molecule has 0 rings (SSSR count). The van der Waals surface area contributed by atoms with E-state index in [4.69, 9.17) is 4.74 Å². The predicted octanol–water partition coefficient (Wildman–Crippen LogP) is 1.70. The van der Waals surface area contributed by atoms with Gasteiger partial charge in [-0.15, -0.1) is 0 Å². The molecular weight excluding hydrogens is 116 g/mol. The van der Waals surface area contributed by atoms with Crippen LogP contribution in [0.1, 0.15) is 19.8 Å². The molecule has 0 saturated carbocycles. The van der Waals surface area contributed by atoms with Crippen molar-refractivity contribution in [2.45, 2.75) is 19.8 Å². The van der Waals surface area contributed by atoms with Gasteiger partial charge in [0.1, 0.15) is 0 Å². The summed E-state index contributed by atoms with van der Waals surface area (Å²) in [6.45, 7) is 3.07. The number of hydrogen-bond acceptors (Lipinski definition) is 2. The van der Waals surface area contributed by atoms with Crippen LogP contribution in [0.4, 0.5) is 0 Å². The highest BCUT2D eigenvalue weighted by molar-refractivity contribution is 4.26. The number of ether oxygens (including phenoxy) is 2. The molecule has 0 aliphatic heterocycles. The molecule has 0 heterocycles. The molecule has 0 saturated heterocycles. The maximum Gasteiger partial charge on any atom is 0.0462 e. The lowest BCUT2D eigenvalue weighted by molar-refractivity contribution is 0.194. The lowest BCUT2D eigenvalue weighted by atomic mass is 10.4. The molecule has 0 amide bonds. The van der Waals surface area contributed by atoms with E-state index >= 15 is 0 Å². The van der Waals surface area contributed by atoms with Crippen molar-refractivity contribution in [1.82, 2.24) is 0 Å². The fourth-order valence-corrected chi connectivity index (χ4v) is 0.289. The van der Waals surface area contributed by atoms with E-state index in [-0.39, 0.29) is 0 Å². The summed E-state index contributed by atoms with van der Waals surface area (Å²) in [4.78, 5) is 0. The summed E-state index contributed by atoms with van der Waals surface area (Å²) in [7, 11) is 4.98. The van der Waals surface area contributed by atoms with Gasteiger partial charge in [-0.1, -0.05) is 13.3 Å². The van der Waals surface area contributed by atoms with E-state index in [0.29, 0.717) is 0 Å². The number of rotatable bonds is 3. The van der Waals surface area contributed by atoms with E-state index in [2.05, 4.69) is 11.7 Å². The first-order valence-corrected chi connectivity index (χ1v) is 3.22. The minimum atomic E-state index is 0.913. The van der Waals surface area contributed by atoms with Gasteiger partial charge >= 0.3 is 0 Å². The van der Waals surface area contributed by atoms with Crippen LogP contribution in [0.5, 0.6) is 0 Å². The largest absolute Gasteiger partial charge is 0.388 e. The topological polar surface area (TPSA) is 18.5 Å². The van der Waals surface area contributed by atoms with Crippen molar-refractivity contribution in [2.24, 2.45) is 0 Å². The SMILES string of the molecule is CCCCOC.COC. The third-order valence-electron chi connectivity index (χ3n) is 0.702. The van der Waals surface area contributed by atoms with E-state index in [1.165, 1.54) is 12.8 Å². The Kier molecular flexibility index (Phi) is 20.3. The third-order valence-corrected chi connectivity index (χ3v) is 0.702. The Morgan fingerprint density at radius 1 is 1.11 bits per heavy atom. The van der Waals surface area contributed by atoms with Crippen LogP contribution in [0.15, 0.2) is 0 Å². The summed E-state index contributed by atoms with van der Waals surface area (Å²) in [6, 6.07) is 0. The highest BCUT2D eigenvalue weighted by Gasteiger charge is 1.74. The molecule has 0 spiro atoms. The molecular formula is C7H18O2. The normalized spacial score (nSPS) is 8.00. The minimum absolute atomic E-state index is 0.913. The molecule has 2 nitrogen and oxygen atoms in total. The van der Waals surface area contributed by atoms with Crippen LogP contribution < -0.4 is 0 Å². The second-order valence-electron chi connectivity index (χ2n) is 1.75. The predicted molar refractivity (Wildman–Crippen MR) is 39.7 cm³/mol. The molecule has 0 aliphatic carbocycles. The van der Waals surface area contributed by atoms with Gasteiger partial charge in [0, 0.05) is 27.9 Å². The summed E-state index contributed by atoms with van der Waals surface area (Å²) in [5.41, 5.74) is 0. The van der Waals surface area contributed by atoms with Gasteiger partial charge < -0.3 is 9.47 Å². The van der Waals surface area contributed by atoms with Crippen molar-refractivity contribution >= 4 is 0 Å². The zero-order valence-electron chi connectivity index (χ0n) is 6.94. The average Bonchev–Trinajstić information content (AvgIpc) is 1.86. The van der Waals surface area contributed by atoms with E-state index in [1.807, 2.05) is 0 Å². The first kappa shape index (κ1) is 11.7. The van der Waals surface area contributed by atoms with Gasteiger partial charge in [-0.05, 0) is 6.42 Å². The molecule has 0 atom stereocenters. The van der Waals surface area contributed by atoms with Crippen LogP contribution in [0.25, 0.3) is 0 Å². The van der Waals surface area contributed by atoms with Crippen molar-refractivity contribution < 1.29 is 9.47 Å². The summed E-state index contributed by atoms with van der Waals surface area (Å²) in [5.74, 6) is 0. The van der Waals surface area contributed by atoms with Gasteiger partial charge in [-0.3, -0.25) is 0 Å². The molecule has 0 unspecified atom stereocenters. The van der Waals surface area contributed by atoms with Crippen molar-refractivity contribution in [3.8, 4) is 0 Å². The smallest absolute Gasteiger partial charge is 0.0462 e. The first-order chi connectivity index (χ1) is 4.33. The van der Waals surface area contributed by atoms with Crippen molar-refractivity contribution in [1.29, 1.82) is 0 Å². The molecule has 0 aliphatic rings. The zero-order valence-corrected chi connectivity index (χ0v) is 6.94. The quantitative estimate of drug-likeness (QED) is 0.547. The third kappa shape index (κ3) is 32.6. The van der Waals surface area contributed by atoms with Crippen LogP contribution in [-0.2, 0) is 9.47 Å². The number of unbranched alkanes of at least 4 members (excludes halogenated alkanes) is 1. The molecule has 0 radical (unpaired) electrons. The molecule has 0 fully saturated rings. The average molecular weight is 134 g/mol. The fourth-order valence-electron chi connectivity index (χ4n) is 0.289. The van der Waals surface area contributed by atoms with Gasteiger partial charge in [0.2, 0.25) is 0 Å². The lowest BCUT2D eigenvalue weighted by Crippen LogP contribution is -1.84. The molecule has 0 bridgehead atoms. The summed E-state index contributed by atoms with van der Waals surface area (Å²) in [6.07, 6.45) is 2.42. The van der Waals surface area contributed by atoms with E-state index in [0.717, 1.165) is 6.61 Å². The number of methoxy groups -OCH3 is 2. The molecule has 0 N–H and O–H groups in total. The van der Waals surface area contributed by atoms with Crippen LogP contribution in [0.3, 0.4) is 0 Å². The van der Waals surface area contributed by atoms with Gasteiger partial charge in [0.15, 0.2) is 0 Å². The molecule has 0 aromatic rings. The van der Waals surface area contributed by atoms with Crippen molar-refractivity contribution in [2.75, 3.05) is 27.9 Å². The molecule has 0 aromatic carbocycles. The van der Waals surface area contributed by atoms with E-state index in [1.54, 1.807) is 21.3 Å². The summed E-state index contributed by atoms with van der Waals surface area (Å²) in [5, 5.41) is 0. The fraction of sp³-hybridized carbons (Fsp3) is 1.00. The Labute approximate surface area is 58.2 Å². The van der Waals surface area contributed by atoms with Crippen molar-refractivity contribution in [3.05, 3.63) is 0 Å². The second-order valence-corrected chi connectivity index (χ2v) is 1.75. The first-order valence-electron chi connectivity index (χ1n) is 3.22. The molecule has 2 heteroatoms. The van der Waals surface area contributed by atoms with Crippen LogP contribution >= 0.6 is 0 Å². The second kappa shape index (κ2) is 15.7. The van der Waals surface area contributed by atoms with Crippen molar-refractivity contribution in [3.63, 3.8) is 0 Å². The highest BCUT2D eigenvalue weighted by Crippen LogP contribution is 1.83. The Balaban J connectivity index is 0. The zero-order chi connectivity index (χ0) is 7.54. The molecule has 0 aromatic heterocycles. The Morgan fingerprint density at radius 2 is 1.56 bits per heavy atom. The Bertz CT molecular complexity index is 26.1. The van der Waals surface area contributed by atoms with Gasteiger partial charge in [-0.2, -0.15) is 0 Å². The van der Waals surface area contributed by atoms with Crippen LogP contribution in [0.2, 0.25) is 0 Å². The Morgan fingerprint density at radius 3 is 1.67 bits per heavy atom. The Hall–Kier alpha value is -0.0800.